The standard InChI is InChI=1S/C19H16BrNO3/c1-12-6-7-17-15(8-12)19(24)14(9-18(22)23)11-21(17)10-13-4-2-3-5-16(13)20/h2-8,11H,9-10H2,1H3,(H,22,23). The normalized spacial score (nSPS) is 10.9. The number of benzene rings is 2. The maximum absolute atomic E-state index is 12.6. The molecule has 1 heterocycles. The Morgan fingerprint density at radius 1 is 1.17 bits per heavy atom. The molecule has 0 aliphatic heterocycles. The minimum absolute atomic E-state index is 0.209. The van der Waals surface area contributed by atoms with Crippen molar-refractivity contribution in [1.29, 1.82) is 0 Å². The molecule has 4 nitrogen and oxygen atoms in total. The highest BCUT2D eigenvalue weighted by atomic mass is 79.9. The first-order chi connectivity index (χ1) is 11.5. The number of aliphatic carboxylic acids is 1. The summed E-state index contributed by atoms with van der Waals surface area (Å²) >= 11 is 3.53. The fraction of sp³-hybridized carbons (Fsp3) is 0.158. The van der Waals surface area contributed by atoms with Crippen LogP contribution in [0.1, 0.15) is 16.7 Å². The molecule has 0 atom stereocenters. The zero-order valence-electron chi connectivity index (χ0n) is 13.1. The monoisotopic (exact) mass is 385 g/mol. The van der Waals surface area contributed by atoms with Crippen molar-refractivity contribution in [3.05, 3.63) is 80.0 Å². The molecule has 5 heteroatoms. The lowest BCUT2D eigenvalue weighted by atomic mass is 10.1. The van der Waals surface area contributed by atoms with Gasteiger partial charge in [-0.2, -0.15) is 0 Å². The molecule has 3 rings (SSSR count). The lowest BCUT2D eigenvalue weighted by molar-refractivity contribution is -0.136. The molecule has 0 aliphatic carbocycles. The average molecular weight is 386 g/mol. The Hall–Kier alpha value is -2.40. The Balaban J connectivity index is 2.22. The van der Waals surface area contributed by atoms with Crippen molar-refractivity contribution < 1.29 is 9.90 Å². The van der Waals surface area contributed by atoms with E-state index in [0.717, 1.165) is 21.1 Å². The van der Waals surface area contributed by atoms with Gasteiger partial charge in [-0.05, 0) is 30.7 Å². The van der Waals surface area contributed by atoms with Crippen molar-refractivity contribution in [3.63, 3.8) is 0 Å². The average Bonchev–Trinajstić information content (AvgIpc) is 2.53. The number of fused-ring (bicyclic) bond motifs is 1. The number of halogens is 1. The van der Waals surface area contributed by atoms with Crippen LogP contribution in [0.15, 0.2) is 57.9 Å². The summed E-state index contributed by atoms with van der Waals surface area (Å²) in [4.78, 5) is 23.7. The Bertz CT molecular complexity index is 992. The van der Waals surface area contributed by atoms with E-state index in [1.165, 1.54) is 0 Å². The van der Waals surface area contributed by atoms with Gasteiger partial charge in [0.2, 0.25) is 0 Å². The van der Waals surface area contributed by atoms with E-state index in [2.05, 4.69) is 15.9 Å². The number of aryl methyl sites for hydroxylation is 1. The summed E-state index contributed by atoms with van der Waals surface area (Å²) in [5, 5.41) is 9.64. The number of carbonyl (C=O) groups is 1. The topological polar surface area (TPSA) is 59.3 Å². The molecule has 3 aromatic rings. The van der Waals surface area contributed by atoms with Crippen LogP contribution in [0.25, 0.3) is 10.9 Å². The number of aromatic nitrogens is 1. The number of pyridine rings is 1. The maximum Gasteiger partial charge on any atom is 0.308 e. The Kier molecular flexibility index (Phi) is 4.53. The minimum Gasteiger partial charge on any atom is -0.481 e. The van der Waals surface area contributed by atoms with Crippen LogP contribution in [0, 0.1) is 6.92 Å². The fourth-order valence-electron chi connectivity index (χ4n) is 2.80. The van der Waals surface area contributed by atoms with Gasteiger partial charge in [0.25, 0.3) is 0 Å². The van der Waals surface area contributed by atoms with Crippen LogP contribution in [0.5, 0.6) is 0 Å². The van der Waals surface area contributed by atoms with E-state index in [4.69, 9.17) is 5.11 Å². The molecule has 0 saturated carbocycles. The second-order valence-corrected chi connectivity index (χ2v) is 6.65. The summed E-state index contributed by atoms with van der Waals surface area (Å²) in [6.45, 7) is 2.47. The van der Waals surface area contributed by atoms with Crippen LogP contribution in [0.3, 0.4) is 0 Å². The summed E-state index contributed by atoms with van der Waals surface area (Å²) in [6, 6.07) is 13.5. The van der Waals surface area contributed by atoms with Gasteiger partial charge < -0.3 is 9.67 Å². The van der Waals surface area contributed by atoms with Crippen LogP contribution < -0.4 is 5.43 Å². The molecule has 0 aliphatic rings. The van der Waals surface area contributed by atoms with E-state index < -0.39 is 5.97 Å². The van der Waals surface area contributed by atoms with E-state index >= 15 is 0 Å². The van der Waals surface area contributed by atoms with E-state index in [1.807, 2.05) is 54.0 Å². The maximum atomic E-state index is 12.6. The molecule has 0 radical (unpaired) electrons. The summed E-state index contributed by atoms with van der Waals surface area (Å²) < 4.78 is 2.91. The van der Waals surface area contributed by atoms with E-state index in [1.54, 1.807) is 6.20 Å². The SMILES string of the molecule is Cc1ccc2c(c1)c(=O)c(CC(=O)O)cn2Cc1ccccc1Br. The molecule has 0 spiro atoms. The number of hydrogen-bond donors (Lipinski definition) is 1. The molecular weight excluding hydrogens is 370 g/mol. The molecule has 1 aromatic heterocycles. The minimum atomic E-state index is -1.01. The fourth-order valence-corrected chi connectivity index (χ4v) is 3.21. The molecule has 122 valence electrons. The van der Waals surface area contributed by atoms with E-state index in [9.17, 15) is 9.59 Å². The predicted molar refractivity (Wildman–Crippen MR) is 97.5 cm³/mol. The molecule has 24 heavy (non-hydrogen) atoms. The smallest absolute Gasteiger partial charge is 0.308 e. The quantitative estimate of drug-likeness (QED) is 0.743. The van der Waals surface area contributed by atoms with Gasteiger partial charge in [-0.3, -0.25) is 9.59 Å². The van der Waals surface area contributed by atoms with Crippen molar-refractivity contribution in [2.24, 2.45) is 0 Å². The second-order valence-electron chi connectivity index (χ2n) is 5.79. The number of carboxylic acid groups (broad SMARTS) is 1. The zero-order chi connectivity index (χ0) is 17.3. The van der Waals surface area contributed by atoms with Crippen LogP contribution >= 0.6 is 15.9 Å². The lowest BCUT2D eigenvalue weighted by Crippen LogP contribution is -2.18. The predicted octanol–water partition coefficient (Wildman–Crippen LogP) is 3.75. The summed E-state index contributed by atoms with van der Waals surface area (Å²) in [5.41, 5.74) is 2.92. The van der Waals surface area contributed by atoms with Gasteiger partial charge >= 0.3 is 5.97 Å². The van der Waals surface area contributed by atoms with Crippen LogP contribution in [-0.2, 0) is 17.8 Å². The highest BCUT2D eigenvalue weighted by Crippen LogP contribution is 2.20. The third-order valence-corrected chi connectivity index (χ3v) is 4.72. The number of carboxylic acids is 1. The van der Waals surface area contributed by atoms with Crippen LogP contribution in [0.4, 0.5) is 0 Å². The molecule has 2 aromatic carbocycles. The van der Waals surface area contributed by atoms with Gasteiger partial charge in [-0.1, -0.05) is 45.8 Å². The Morgan fingerprint density at radius 3 is 2.62 bits per heavy atom. The molecule has 0 amide bonds. The Labute approximate surface area is 147 Å². The van der Waals surface area contributed by atoms with Crippen molar-refractivity contribution in [2.75, 3.05) is 0 Å². The van der Waals surface area contributed by atoms with Crippen molar-refractivity contribution >= 4 is 32.8 Å². The van der Waals surface area contributed by atoms with Gasteiger partial charge in [0.05, 0.1) is 11.9 Å². The van der Waals surface area contributed by atoms with Crippen LogP contribution in [-0.4, -0.2) is 15.6 Å². The molecule has 0 saturated heterocycles. The molecule has 0 fully saturated rings. The Morgan fingerprint density at radius 2 is 1.92 bits per heavy atom. The first-order valence-electron chi connectivity index (χ1n) is 7.53. The van der Waals surface area contributed by atoms with Crippen LogP contribution in [0.2, 0.25) is 0 Å². The lowest BCUT2D eigenvalue weighted by Gasteiger charge is -2.14. The van der Waals surface area contributed by atoms with Gasteiger partial charge in [-0.25, -0.2) is 0 Å². The molecule has 0 unspecified atom stereocenters. The summed E-state index contributed by atoms with van der Waals surface area (Å²) in [7, 11) is 0. The highest BCUT2D eigenvalue weighted by molar-refractivity contribution is 9.10. The second kappa shape index (κ2) is 6.61. The van der Waals surface area contributed by atoms with Crippen molar-refractivity contribution in [2.45, 2.75) is 19.9 Å². The van der Waals surface area contributed by atoms with Gasteiger partial charge in [-0.15, -0.1) is 0 Å². The summed E-state index contributed by atoms with van der Waals surface area (Å²) in [5.74, 6) is -1.01. The molecule has 0 bridgehead atoms. The highest BCUT2D eigenvalue weighted by Gasteiger charge is 2.13. The van der Waals surface area contributed by atoms with Gasteiger partial charge in [0, 0.05) is 28.2 Å². The third kappa shape index (κ3) is 3.26. The summed E-state index contributed by atoms with van der Waals surface area (Å²) in [6.07, 6.45) is 1.38. The first-order valence-corrected chi connectivity index (χ1v) is 8.33. The van der Waals surface area contributed by atoms with Crippen molar-refractivity contribution in [1.82, 2.24) is 4.57 Å². The molecular formula is C19H16BrNO3. The third-order valence-electron chi connectivity index (χ3n) is 3.95. The molecule has 1 N–H and O–H groups in total. The number of rotatable bonds is 4. The number of nitrogens with zero attached hydrogens (tertiary/aromatic N) is 1. The van der Waals surface area contributed by atoms with Crippen molar-refractivity contribution in [3.8, 4) is 0 Å². The first kappa shape index (κ1) is 16.5. The van der Waals surface area contributed by atoms with Gasteiger partial charge in [0.1, 0.15) is 0 Å². The van der Waals surface area contributed by atoms with Gasteiger partial charge in [0.15, 0.2) is 5.43 Å². The largest absolute Gasteiger partial charge is 0.481 e. The van der Waals surface area contributed by atoms with E-state index in [-0.39, 0.29) is 11.8 Å². The zero-order valence-corrected chi connectivity index (χ0v) is 14.7. The van der Waals surface area contributed by atoms with E-state index in [0.29, 0.717) is 17.5 Å². The number of hydrogen-bond acceptors (Lipinski definition) is 2.